The lowest BCUT2D eigenvalue weighted by molar-refractivity contribution is -0.146. The molecule has 0 radical (unpaired) electrons. The van der Waals surface area contributed by atoms with E-state index in [4.69, 9.17) is 4.74 Å². The van der Waals surface area contributed by atoms with Crippen molar-refractivity contribution in [2.75, 3.05) is 6.61 Å². The molecule has 0 amide bonds. The molecular weight excluding hydrogens is 192 g/mol. The van der Waals surface area contributed by atoms with Gasteiger partial charge < -0.3 is 9.53 Å². The monoisotopic (exact) mass is 206 g/mol. The normalized spacial score (nSPS) is 11.9. The minimum Gasteiger partial charge on any atom is -0.465 e. The highest BCUT2D eigenvalue weighted by atomic mass is 16.5. The molecular formula is C12H14O3. The smallest absolute Gasteiger partial charge is 0.320 e. The quantitative estimate of drug-likeness (QED) is 0.429. The summed E-state index contributed by atoms with van der Waals surface area (Å²) >= 11 is 0. The Morgan fingerprint density at radius 2 is 2.00 bits per heavy atom. The minimum atomic E-state index is -0.800. The number of ether oxygens (including phenoxy) is 1. The fraction of sp³-hybridized carbons (Fsp3) is 0.333. The average Bonchev–Trinajstić information content (AvgIpc) is 2.22. The van der Waals surface area contributed by atoms with Crippen molar-refractivity contribution < 1.29 is 14.3 Å². The van der Waals surface area contributed by atoms with Crippen LogP contribution in [0.25, 0.3) is 0 Å². The first-order chi connectivity index (χ1) is 7.19. The Kier molecular flexibility index (Phi) is 4.03. The first-order valence-electron chi connectivity index (χ1n) is 4.87. The van der Waals surface area contributed by atoms with Crippen molar-refractivity contribution in [2.45, 2.75) is 19.8 Å². The Bertz CT molecular complexity index is 340. The van der Waals surface area contributed by atoms with Gasteiger partial charge in [-0.1, -0.05) is 29.8 Å². The van der Waals surface area contributed by atoms with Crippen molar-refractivity contribution in [3.8, 4) is 0 Å². The summed E-state index contributed by atoms with van der Waals surface area (Å²) in [6, 6.07) is 7.27. The van der Waals surface area contributed by atoms with Crippen molar-refractivity contribution in [3.63, 3.8) is 0 Å². The summed E-state index contributed by atoms with van der Waals surface area (Å²) in [5, 5.41) is 0. The Hall–Kier alpha value is -1.64. The topological polar surface area (TPSA) is 43.4 Å². The van der Waals surface area contributed by atoms with Crippen LogP contribution in [-0.4, -0.2) is 18.9 Å². The molecule has 0 saturated carbocycles. The van der Waals surface area contributed by atoms with Crippen LogP contribution in [0.4, 0.5) is 0 Å². The summed E-state index contributed by atoms with van der Waals surface area (Å²) in [5.41, 5.74) is 1.77. The van der Waals surface area contributed by atoms with E-state index < -0.39 is 11.9 Å². The molecule has 0 aromatic heterocycles. The maximum Gasteiger partial charge on any atom is 0.320 e. The van der Waals surface area contributed by atoms with E-state index in [0.29, 0.717) is 11.8 Å². The number of rotatable bonds is 4. The molecule has 0 aliphatic heterocycles. The lowest BCUT2D eigenvalue weighted by Crippen LogP contribution is -2.17. The molecule has 0 saturated heterocycles. The molecule has 3 nitrogen and oxygen atoms in total. The second-order valence-electron chi connectivity index (χ2n) is 3.28. The van der Waals surface area contributed by atoms with Crippen LogP contribution < -0.4 is 0 Å². The molecule has 0 heterocycles. The van der Waals surface area contributed by atoms with E-state index in [0.717, 1.165) is 5.56 Å². The van der Waals surface area contributed by atoms with E-state index in [1.165, 1.54) is 0 Å². The van der Waals surface area contributed by atoms with E-state index >= 15 is 0 Å². The molecule has 1 atom stereocenters. The predicted molar refractivity (Wildman–Crippen MR) is 56.6 cm³/mol. The first kappa shape index (κ1) is 11.4. The molecule has 1 rings (SSSR count). The summed E-state index contributed by atoms with van der Waals surface area (Å²) in [5.74, 6) is -1.29. The van der Waals surface area contributed by atoms with Gasteiger partial charge in [0.1, 0.15) is 12.2 Å². The molecule has 0 N–H and O–H groups in total. The fourth-order valence-electron chi connectivity index (χ4n) is 1.28. The predicted octanol–water partition coefficient (Wildman–Crippen LogP) is 1.84. The summed E-state index contributed by atoms with van der Waals surface area (Å²) in [4.78, 5) is 22.2. The molecule has 0 fully saturated rings. The Morgan fingerprint density at radius 3 is 2.47 bits per heavy atom. The van der Waals surface area contributed by atoms with Gasteiger partial charge in [-0.25, -0.2) is 0 Å². The lowest BCUT2D eigenvalue weighted by Gasteiger charge is -2.09. The number of benzene rings is 1. The van der Waals surface area contributed by atoms with Crippen LogP contribution in [0.3, 0.4) is 0 Å². The van der Waals surface area contributed by atoms with Gasteiger partial charge in [-0.3, -0.25) is 4.79 Å². The Labute approximate surface area is 89.1 Å². The van der Waals surface area contributed by atoms with E-state index in [9.17, 15) is 9.59 Å². The zero-order valence-corrected chi connectivity index (χ0v) is 8.90. The molecule has 3 heteroatoms. The Morgan fingerprint density at radius 1 is 1.40 bits per heavy atom. The third-order valence-corrected chi connectivity index (χ3v) is 2.11. The van der Waals surface area contributed by atoms with Crippen molar-refractivity contribution in [3.05, 3.63) is 35.4 Å². The number of hydrogen-bond donors (Lipinski definition) is 0. The highest BCUT2D eigenvalue weighted by Crippen LogP contribution is 2.15. The van der Waals surface area contributed by atoms with Gasteiger partial charge in [0.25, 0.3) is 0 Å². The molecule has 1 aromatic rings. The van der Waals surface area contributed by atoms with Crippen LogP contribution in [0.5, 0.6) is 0 Å². The van der Waals surface area contributed by atoms with Crippen LogP contribution >= 0.6 is 0 Å². The van der Waals surface area contributed by atoms with Crippen LogP contribution in [0.2, 0.25) is 0 Å². The average molecular weight is 206 g/mol. The van der Waals surface area contributed by atoms with Gasteiger partial charge in [-0.2, -0.15) is 0 Å². The first-order valence-corrected chi connectivity index (χ1v) is 4.87. The molecule has 0 bridgehead atoms. The fourth-order valence-corrected chi connectivity index (χ4v) is 1.28. The van der Waals surface area contributed by atoms with Crippen LogP contribution in [0.15, 0.2) is 24.3 Å². The number of esters is 1. The van der Waals surface area contributed by atoms with Crippen molar-refractivity contribution >= 4 is 12.3 Å². The molecule has 0 spiro atoms. The third-order valence-electron chi connectivity index (χ3n) is 2.11. The van der Waals surface area contributed by atoms with E-state index in [1.807, 2.05) is 19.1 Å². The number of carbonyl (C=O) groups is 2. The largest absolute Gasteiger partial charge is 0.465 e. The highest BCUT2D eigenvalue weighted by molar-refractivity contribution is 5.94. The standard InChI is InChI=1S/C12H14O3/c1-3-15-12(14)11(8-13)10-6-4-9(2)5-7-10/h4-8,11H,3H2,1-2H3. The van der Waals surface area contributed by atoms with Crippen LogP contribution in [0.1, 0.15) is 24.0 Å². The lowest BCUT2D eigenvalue weighted by atomic mass is 10.00. The van der Waals surface area contributed by atoms with Gasteiger partial charge in [0.05, 0.1) is 6.61 Å². The van der Waals surface area contributed by atoms with E-state index in [-0.39, 0.29) is 6.61 Å². The summed E-state index contributed by atoms with van der Waals surface area (Å²) in [6.45, 7) is 3.95. The maximum absolute atomic E-state index is 11.4. The SMILES string of the molecule is CCOC(=O)C(C=O)c1ccc(C)cc1. The zero-order valence-electron chi connectivity index (χ0n) is 8.90. The number of hydrogen-bond acceptors (Lipinski definition) is 3. The maximum atomic E-state index is 11.4. The molecule has 0 aliphatic carbocycles. The van der Waals surface area contributed by atoms with Crippen molar-refractivity contribution in [1.29, 1.82) is 0 Å². The molecule has 1 aromatic carbocycles. The summed E-state index contributed by atoms with van der Waals surface area (Å²) in [6.07, 6.45) is 0.614. The second-order valence-corrected chi connectivity index (χ2v) is 3.28. The van der Waals surface area contributed by atoms with Gasteiger partial charge in [0.15, 0.2) is 0 Å². The van der Waals surface area contributed by atoms with Crippen LogP contribution in [0, 0.1) is 6.92 Å². The number of carbonyl (C=O) groups excluding carboxylic acids is 2. The van der Waals surface area contributed by atoms with E-state index in [1.54, 1.807) is 19.1 Å². The van der Waals surface area contributed by atoms with E-state index in [2.05, 4.69) is 0 Å². The Balaban J connectivity index is 2.87. The summed E-state index contributed by atoms with van der Waals surface area (Å²) < 4.78 is 4.81. The molecule has 80 valence electrons. The van der Waals surface area contributed by atoms with Gasteiger partial charge in [0, 0.05) is 0 Å². The third kappa shape index (κ3) is 2.91. The summed E-state index contributed by atoms with van der Waals surface area (Å²) in [7, 11) is 0. The number of aldehydes is 1. The van der Waals surface area contributed by atoms with Crippen molar-refractivity contribution in [1.82, 2.24) is 0 Å². The zero-order chi connectivity index (χ0) is 11.3. The molecule has 1 unspecified atom stereocenters. The molecule has 15 heavy (non-hydrogen) atoms. The van der Waals surface area contributed by atoms with Crippen LogP contribution in [-0.2, 0) is 14.3 Å². The minimum absolute atomic E-state index is 0.287. The highest BCUT2D eigenvalue weighted by Gasteiger charge is 2.20. The molecule has 0 aliphatic rings. The van der Waals surface area contributed by atoms with Gasteiger partial charge in [0.2, 0.25) is 0 Å². The van der Waals surface area contributed by atoms with Crippen molar-refractivity contribution in [2.24, 2.45) is 0 Å². The number of aryl methyl sites for hydroxylation is 1. The van der Waals surface area contributed by atoms with Gasteiger partial charge in [-0.15, -0.1) is 0 Å². The van der Waals surface area contributed by atoms with Gasteiger partial charge in [-0.05, 0) is 19.4 Å². The van der Waals surface area contributed by atoms with Gasteiger partial charge >= 0.3 is 5.97 Å². The second kappa shape index (κ2) is 5.29.